The SMILES string of the molecule is C1CCC2OC2C1.C1CCNC1.CN[C@H]1CCCC[C@@H]1N1CCCC1.O[C@H]1CCCC[C@@H]1N1CCCC1.[HH]. The highest BCUT2D eigenvalue weighted by molar-refractivity contribution is 4.89. The zero-order chi connectivity index (χ0) is 25.7. The van der Waals surface area contributed by atoms with E-state index >= 15 is 0 Å². The van der Waals surface area contributed by atoms with E-state index in [4.69, 9.17) is 4.74 Å². The van der Waals surface area contributed by atoms with E-state index in [-0.39, 0.29) is 7.53 Å². The van der Waals surface area contributed by atoms with Gasteiger partial charge in [-0.15, -0.1) is 0 Å². The van der Waals surface area contributed by atoms with E-state index in [1.165, 1.54) is 148 Å². The zero-order valence-electron chi connectivity index (χ0n) is 24.2. The van der Waals surface area contributed by atoms with Crippen LogP contribution in [0.5, 0.6) is 0 Å². The van der Waals surface area contributed by atoms with Gasteiger partial charge in [0.1, 0.15) is 0 Å². The number of nitrogens with one attached hydrogen (secondary N) is 2. The van der Waals surface area contributed by atoms with Gasteiger partial charge in [0.2, 0.25) is 0 Å². The third-order valence-electron chi connectivity index (χ3n) is 9.89. The molecule has 6 nitrogen and oxygen atoms in total. The Labute approximate surface area is 230 Å². The molecule has 0 aromatic heterocycles. The van der Waals surface area contributed by atoms with Crippen LogP contribution in [0.25, 0.3) is 0 Å². The first-order chi connectivity index (χ1) is 18.3. The van der Waals surface area contributed by atoms with Crippen LogP contribution >= 0.6 is 0 Å². The summed E-state index contributed by atoms with van der Waals surface area (Å²) in [5, 5.41) is 16.5. The van der Waals surface area contributed by atoms with Gasteiger partial charge in [0.25, 0.3) is 0 Å². The number of rotatable bonds is 3. The number of nitrogens with zero attached hydrogens (tertiary/aromatic N) is 2. The standard InChI is InChI=1S/C11H22N2.C10H19NO.C6H10O.C4H9N.H2/c1-12-10-6-2-3-7-11(10)13-8-4-5-9-13;12-10-6-2-1-5-9(10)11-7-3-4-8-11;1-2-4-6-5(3-1)7-6;1-2-4-5-3-1;/h10-12H,2-9H2,1H3;9-10,12H,1-8H2;5-6H,1-4H2;5H,1-4H2;1H/t10-,11-;9-,10-;;;/m00.../s1. The van der Waals surface area contributed by atoms with Gasteiger partial charge in [-0.2, -0.15) is 0 Å². The number of fused-ring (bicyclic) bond motifs is 1. The molecular formula is C31H62N4O2. The highest BCUT2D eigenvalue weighted by Crippen LogP contribution is 2.35. The van der Waals surface area contributed by atoms with Gasteiger partial charge in [-0.25, -0.2) is 0 Å². The lowest BCUT2D eigenvalue weighted by Crippen LogP contribution is -2.49. The highest BCUT2D eigenvalue weighted by Gasteiger charge is 2.39. The fourth-order valence-electron chi connectivity index (χ4n) is 7.55. The van der Waals surface area contributed by atoms with Crippen LogP contribution in [-0.2, 0) is 4.74 Å². The first-order valence-electron chi connectivity index (χ1n) is 16.5. The normalized spacial score (nSPS) is 37.8. The van der Waals surface area contributed by atoms with Crippen LogP contribution in [-0.4, -0.2) is 97.7 Å². The number of hydrogen-bond acceptors (Lipinski definition) is 6. The topological polar surface area (TPSA) is 63.3 Å². The van der Waals surface area contributed by atoms with Gasteiger partial charge in [-0.3, -0.25) is 9.80 Å². The van der Waals surface area contributed by atoms with Crippen LogP contribution in [0.2, 0.25) is 0 Å². The van der Waals surface area contributed by atoms with Crippen molar-refractivity contribution in [1.29, 1.82) is 0 Å². The zero-order valence-corrected chi connectivity index (χ0v) is 24.2. The maximum atomic E-state index is 9.79. The number of likely N-dealkylation sites (N-methyl/N-ethyl adjacent to an activating group) is 1. The minimum Gasteiger partial charge on any atom is -0.391 e. The van der Waals surface area contributed by atoms with Gasteiger partial charge in [0, 0.05) is 19.6 Å². The van der Waals surface area contributed by atoms with Crippen molar-refractivity contribution in [2.75, 3.05) is 46.3 Å². The molecular weight excluding hydrogens is 460 g/mol. The first kappa shape index (κ1) is 29.7. The molecule has 2 unspecified atom stereocenters. The monoisotopic (exact) mass is 522 g/mol. The molecule has 4 saturated heterocycles. The van der Waals surface area contributed by atoms with Crippen molar-refractivity contribution in [1.82, 2.24) is 20.4 Å². The van der Waals surface area contributed by atoms with Crippen LogP contribution in [0.4, 0.5) is 0 Å². The number of aliphatic hydroxyl groups excluding tert-OH is 1. The Morgan fingerprint density at radius 3 is 1.59 bits per heavy atom. The summed E-state index contributed by atoms with van der Waals surface area (Å²) < 4.78 is 5.28. The van der Waals surface area contributed by atoms with Crippen molar-refractivity contribution in [3.63, 3.8) is 0 Å². The molecule has 0 spiro atoms. The summed E-state index contributed by atoms with van der Waals surface area (Å²) in [5.74, 6) is 0. The molecule has 0 amide bonds. The van der Waals surface area contributed by atoms with Crippen LogP contribution < -0.4 is 10.6 Å². The predicted octanol–water partition coefficient (Wildman–Crippen LogP) is 4.94. The summed E-state index contributed by atoms with van der Waals surface area (Å²) in [7, 11) is 2.12. The number of aliphatic hydroxyl groups is 1. The van der Waals surface area contributed by atoms with E-state index in [2.05, 4.69) is 27.5 Å². The van der Waals surface area contributed by atoms with Gasteiger partial charge in [-0.1, -0.05) is 38.5 Å². The lowest BCUT2D eigenvalue weighted by molar-refractivity contribution is 0.0312. The Morgan fingerprint density at radius 2 is 1.11 bits per heavy atom. The second-order valence-corrected chi connectivity index (χ2v) is 12.6. The van der Waals surface area contributed by atoms with Crippen molar-refractivity contribution in [2.45, 2.75) is 152 Å². The summed E-state index contributed by atoms with van der Waals surface area (Å²) >= 11 is 0. The second-order valence-electron chi connectivity index (χ2n) is 12.6. The van der Waals surface area contributed by atoms with E-state index in [0.29, 0.717) is 18.2 Å². The molecule has 4 heterocycles. The Kier molecular flexibility index (Phi) is 13.5. The smallest absolute Gasteiger partial charge is 0.0841 e. The minimum atomic E-state index is -0.0307. The molecule has 3 aliphatic carbocycles. The average Bonchev–Trinajstić information content (AvgIpc) is 3.49. The fraction of sp³-hybridized carbons (Fsp3) is 1.00. The molecule has 218 valence electrons. The van der Waals surface area contributed by atoms with Gasteiger partial charge >= 0.3 is 0 Å². The largest absolute Gasteiger partial charge is 0.391 e. The van der Waals surface area contributed by atoms with E-state index in [0.717, 1.165) is 18.5 Å². The van der Waals surface area contributed by atoms with Crippen molar-refractivity contribution in [3.8, 4) is 0 Å². The van der Waals surface area contributed by atoms with Gasteiger partial charge in [0.15, 0.2) is 0 Å². The fourth-order valence-corrected chi connectivity index (χ4v) is 7.55. The molecule has 3 N–H and O–H groups in total. The van der Waals surface area contributed by atoms with Crippen molar-refractivity contribution in [2.24, 2.45) is 0 Å². The maximum absolute atomic E-state index is 9.79. The van der Waals surface area contributed by atoms with E-state index in [1.54, 1.807) is 0 Å². The van der Waals surface area contributed by atoms with Crippen LogP contribution in [0, 0.1) is 0 Å². The third kappa shape index (κ3) is 10.0. The summed E-state index contributed by atoms with van der Waals surface area (Å²) in [6.07, 6.45) is 25.6. The Morgan fingerprint density at radius 1 is 0.622 bits per heavy atom. The van der Waals surface area contributed by atoms with Crippen molar-refractivity contribution < 1.29 is 11.3 Å². The highest BCUT2D eigenvalue weighted by atomic mass is 16.6. The summed E-state index contributed by atoms with van der Waals surface area (Å²) in [6.45, 7) is 7.65. The lowest BCUT2D eigenvalue weighted by atomic mass is 9.89. The molecule has 7 aliphatic rings. The molecule has 0 radical (unpaired) electrons. The Hall–Kier alpha value is -0.240. The summed E-state index contributed by atoms with van der Waals surface area (Å²) in [6, 6.07) is 2.12. The number of likely N-dealkylation sites (tertiary alicyclic amines) is 2. The van der Waals surface area contributed by atoms with Gasteiger partial charge < -0.3 is 20.5 Å². The molecule has 0 aromatic rings. The van der Waals surface area contributed by atoms with E-state index in [1.807, 2.05) is 0 Å². The molecule has 37 heavy (non-hydrogen) atoms. The van der Waals surface area contributed by atoms with Gasteiger partial charge in [-0.05, 0) is 123 Å². The molecule has 3 saturated carbocycles. The van der Waals surface area contributed by atoms with Crippen LogP contribution in [0.15, 0.2) is 0 Å². The maximum Gasteiger partial charge on any atom is 0.0841 e. The Bertz CT molecular complexity index is 579. The van der Waals surface area contributed by atoms with Crippen LogP contribution in [0.1, 0.15) is 117 Å². The minimum absolute atomic E-state index is 0. The average molecular weight is 523 g/mol. The van der Waals surface area contributed by atoms with Crippen molar-refractivity contribution >= 4 is 0 Å². The molecule has 7 rings (SSSR count). The molecule has 4 aliphatic heterocycles. The Balaban J connectivity index is 0.000000147. The third-order valence-corrected chi connectivity index (χ3v) is 9.89. The van der Waals surface area contributed by atoms with Crippen molar-refractivity contribution in [3.05, 3.63) is 0 Å². The predicted molar refractivity (Wildman–Crippen MR) is 156 cm³/mol. The van der Waals surface area contributed by atoms with Gasteiger partial charge in [0.05, 0.1) is 18.3 Å². The molecule has 0 bridgehead atoms. The quantitative estimate of drug-likeness (QED) is 0.456. The summed E-state index contributed by atoms with van der Waals surface area (Å²) in [5.41, 5.74) is 0. The van der Waals surface area contributed by atoms with E-state index in [9.17, 15) is 5.11 Å². The van der Waals surface area contributed by atoms with Crippen LogP contribution in [0.3, 0.4) is 0 Å². The molecule has 7 fully saturated rings. The number of ether oxygens (including phenoxy) is 1. The summed E-state index contributed by atoms with van der Waals surface area (Å²) in [4.78, 5) is 5.20. The van der Waals surface area contributed by atoms with E-state index < -0.39 is 0 Å². The second kappa shape index (κ2) is 16.8. The first-order valence-corrected chi connectivity index (χ1v) is 16.5. The molecule has 6 atom stereocenters. The lowest BCUT2D eigenvalue weighted by Gasteiger charge is -2.37. The molecule has 6 heteroatoms. The molecule has 0 aromatic carbocycles. The number of hydrogen-bond donors (Lipinski definition) is 3. The number of epoxide rings is 1.